The standard InChI is InChI=1S/C21H27N3O3S/c1-17-10-11-19(14-20(17)28(26,27)24-12-6-3-7-13-24)22-16-21(25)23-15-18-8-4-2-5-9-18/h2,4-5,8-11,14,22H,3,6-7,12-13,15-16H2,1H3,(H,23,25). The summed E-state index contributed by atoms with van der Waals surface area (Å²) < 4.78 is 27.5. The van der Waals surface area contributed by atoms with E-state index in [2.05, 4.69) is 10.6 Å². The van der Waals surface area contributed by atoms with Crippen LogP contribution in [0.3, 0.4) is 0 Å². The summed E-state index contributed by atoms with van der Waals surface area (Å²) in [4.78, 5) is 12.4. The number of anilines is 1. The van der Waals surface area contributed by atoms with Gasteiger partial charge in [-0.05, 0) is 43.0 Å². The second-order valence-electron chi connectivity index (χ2n) is 7.06. The molecule has 6 nitrogen and oxygen atoms in total. The van der Waals surface area contributed by atoms with Crippen molar-refractivity contribution in [3.8, 4) is 0 Å². The van der Waals surface area contributed by atoms with Gasteiger partial charge in [0.2, 0.25) is 15.9 Å². The number of carbonyl (C=O) groups excluding carboxylic acids is 1. The van der Waals surface area contributed by atoms with Gasteiger partial charge in [0, 0.05) is 25.3 Å². The van der Waals surface area contributed by atoms with Gasteiger partial charge in [-0.3, -0.25) is 4.79 Å². The molecule has 0 atom stereocenters. The Hall–Kier alpha value is -2.38. The van der Waals surface area contributed by atoms with Crippen LogP contribution in [0, 0.1) is 6.92 Å². The molecule has 0 aromatic heterocycles. The molecule has 28 heavy (non-hydrogen) atoms. The average molecular weight is 402 g/mol. The molecule has 0 radical (unpaired) electrons. The van der Waals surface area contributed by atoms with E-state index in [-0.39, 0.29) is 12.5 Å². The number of nitrogens with one attached hydrogen (secondary N) is 2. The van der Waals surface area contributed by atoms with E-state index in [1.54, 1.807) is 29.4 Å². The molecule has 1 fully saturated rings. The summed E-state index contributed by atoms with van der Waals surface area (Å²) in [6.45, 7) is 3.48. The van der Waals surface area contributed by atoms with Crippen molar-refractivity contribution in [3.05, 3.63) is 59.7 Å². The van der Waals surface area contributed by atoms with Gasteiger partial charge in [-0.25, -0.2) is 8.42 Å². The molecule has 7 heteroatoms. The van der Waals surface area contributed by atoms with E-state index in [1.807, 2.05) is 30.3 Å². The Morgan fingerprint density at radius 3 is 2.46 bits per heavy atom. The maximum atomic E-state index is 13.0. The van der Waals surface area contributed by atoms with Crippen molar-refractivity contribution in [1.82, 2.24) is 9.62 Å². The van der Waals surface area contributed by atoms with Gasteiger partial charge in [0.15, 0.2) is 0 Å². The van der Waals surface area contributed by atoms with E-state index in [0.29, 0.717) is 35.8 Å². The van der Waals surface area contributed by atoms with Gasteiger partial charge in [0.25, 0.3) is 0 Å². The molecule has 2 N–H and O–H groups in total. The zero-order chi connectivity index (χ0) is 20.0. The lowest BCUT2D eigenvalue weighted by molar-refractivity contribution is -0.119. The third-order valence-corrected chi connectivity index (χ3v) is 6.95. The molecule has 1 saturated heterocycles. The summed E-state index contributed by atoms with van der Waals surface area (Å²) >= 11 is 0. The molecule has 2 aromatic rings. The molecule has 3 rings (SSSR count). The third kappa shape index (κ3) is 5.11. The smallest absolute Gasteiger partial charge is 0.243 e. The van der Waals surface area contributed by atoms with Crippen molar-refractivity contribution in [2.45, 2.75) is 37.6 Å². The molecule has 0 saturated carbocycles. The van der Waals surface area contributed by atoms with Crippen LogP contribution >= 0.6 is 0 Å². The summed E-state index contributed by atoms with van der Waals surface area (Å²) in [5.74, 6) is -0.148. The fourth-order valence-corrected chi connectivity index (χ4v) is 5.04. The Bertz CT molecular complexity index is 908. The molecule has 1 aliphatic heterocycles. The topological polar surface area (TPSA) is 78.5 Å². The van der Waals surface area contributed by atoms with Crippen LogP contribution in [0.4, 0.5) is 5.69 Å². The van der Waals surface area contributed by atoms with Crippen LogP contribution < -0.4 is 10.6 Å². The molecule has 2 aromatic carbocycles. The van der Waals surface area contributed by atoms with E-state index in [9.17, 15) is 13.2 Å². The first kappa shape index (κ1) is 20.4. The van der Waals surface area contributed by atoms with E-state index < -0.39 is 10.0 Å². The Morgan fingerprint density at radius 2 is 1.75 bits per heavy atom. The average Bonchev–Trinajstić information content (AvgIpc) is 2.73. The number of piperidine rings is 1. The fourth-order valence-electron chi connectivity index (χ4n) is 3.27. The number of benzene rings is 2. The summed E-state index contributed by atoms with van der Waals surface area (Å²) in [5.41, 5.74) is 2.36. The summed E-state index contributed by atoms with van der Waals surface area (Å²) in [6, 6.07) is 14.9. The fraction of sp³-hybridized carbons (Fsp3) is 0.381. The van der Waals surface area contributed by atoms with Crippen LogP contribution in [0.15, 0.2) is 53.4 Å². The first-order chi connectivity index (χ1) is 13.5. The lowest BCUT2D eigenvalue weighted by Crippen LogP contribution is -2.36. The lowest BCUT2D eigenvalue weighted by atomic mass is 10.2. The number of rotatable bonds is 7. The molecule has 1 aliphatic rings. The van der Waals surface area contributed by atoms with Gasteiger partial charge in [-0.2, -0.15) is 4.31 Å². The number of carbonyl (C=O) groups is 1. The van der Waals surface area contributed by atoms with E-state index in [0.717, 1.165) is 24.8 Å². The zero-order valence-corrected chi connectivity index (χ0v) is 17.0. The van der Waals surface area contributed by atoms with Gasteiger partial charge >= 0.3 is 0 Å². The number of hydrogen-bond acceptors (Lipinski definition) is 4. The van der Waals surface area contributed by atoms with Crippen LogP contribution in [0.1, 0.15) is 30.4 Å². The van der Waals surface area contributed by atoms with Crippen molar-refractivity contribution in [2.24, 2.45) is 0 Å². The largest absolute Gasteiger partial charge is 0.376 e. The highest BCUT2D eigenvalue weighted by Crippen LogP contribution is 2.25. The Balaban J connectivity index is 1.62. The van der Waals surface area contributed by atoms with Crippen molar-refractivity contribution < 1.29 is 13.2 Å². The quantitative estimate of drug-likeness (QED) is 0.748. The monoisotopic (exact) mass is 401 g/mol. The van der Waals surface area contributed by atoms with E-state index >= 15 is 0 Å². The second-order valence-corrected chi connectivity index (χ2v) is 8.97. The van der Waals surface area contributed by atoms with Gasteiger partial charge in [0.1, 0.15) is 0 Å². The highest BCUT2D eigenvalue weighted by molar-refractivity contribution is 7.89. The highest BCUT2D eigenvalue weighted by atomic mass is 32.2. The molecule has 150 valence electrons. The Kier molecular flexibility index (Phi) is 6.70. The minimum atomic E-state index is -3.51. The Morgan fingerprint density at radius 1 is 1.04 bits per heavy atom. The van der Waals surface area contributed by atoms with Crippen molar-refractivity contribution in [1.29, 1.82) is 0 Å². The summed E-state index contributed by atoms with van der Waals surface area (Å²) in [6.07, 6.45) is 2.88. The predicted molar refractivity (Wildman–Crippen MR) is 111 cm³/mol. The lowest BCUT2D eigenvalue weighted by Gasteiger charge is -2.26. The van der Waals surface area contributed by atoms with Gasteiger partial charge in [0.05, 0.1) is 11.4 Å². The van der Waals surface area contributed by atoms with Crippen LogP contribution in [0.5, 0.6) is 0 Å². The zero-order valence-electron chi connectivity index (χ0n) is 16.1. The first-order valence-electron chi connectivity index (χ1n) is 9.62. The number of sulfonamides is 1. The molecule has 1 heterocycles. The van der Waals surface area contributed by atoms with Gasteiger partial charge in [-0.1, -0.05) is 42.8 Å². The molecular formula is C21H27N3O3S. The predicted octanol–water partition coefficient (Wildman–Crippen LogP) is 2.90. The minimum Gasteiger partial charge on any atom is -0.376 e. The van der Waals surface area contributed by atoms with Gasteiger partial charge < -0.3 is 10.6 Å². The van der Waals surface area contributed by atoms with Crippen molar-refractivity contribution in [2.75, 3.05) is 25.0 Å². The summed E-state index contributed by atoms with van der Waals surface area (Å²) in [5, 5.41) is 5.88. The number of nitrogens with zero attached hydrogens (tertiary/aromatic N) is 1. The Labute approximate surface area is 167 Å². The van der Waals surface area contributed by atoms with Crippen molar-refractivity contribution in [3.63, 3.8) is 0 Å². The second kappa shape index (κ2) is 9.21. The number of aryl methyl sites for hydroxylation is 1. The van der Waals surface area contributed by atoms with Crippen LogP contribution in [0.25, 0.3) is 0 Å². The maximum Gasteiger partial charge on any atom is 0.243 e. The number of hydrogen-bond donors (Lipinski definition) is 2. The SMILES string of the molecule is Cc1ccc(NCC(=O)NCc2ccccc2)cc1S(=O)(=O)N1CCCCC1. The van der Waals surface area contributed by atoms with E-state index in [4.69, 9.17) is 0 Å². The van der Waals surface area contributed by atoms with Crippen LogP contribution in [0.2, 0.25) is 0 Å². The van der Waals surface area contributed by atoms with Crippen LogP contribution in [-0.2, 0) is 21.4 Å². The minimum absolute atomic E-state index is 0.0824. The van der Waals surface area contributed by atoms with E-state index in [1.165, 1.54) is 0 Å². The van der Waals surface area contributed by atoms with Crippen molar-refractivity contribution >= 4 is 21.6 Å². The molecule has 0 unspecified atom stereocenters. The van der Waals surface area contributed by atoms with Crippen LogP contribution in [-0.4, -0.2) is 38.3 Å². The normalized spacial score (nSPS) is 15.2. The molecule has 0 aliphatic carbocycles. The van der Waals surface area contributed by atoms with Gasteiger partial charge in [-0.15, -0.1) is 0 Å². The maximum absolute atomic E-state index is 13.0. The first-order valence-corrected chi connectivity index (χ1v) is 11.1. The highest BCUT2D eigenvalue weighted by Gasteiger charge is 2.27. The molecule has 1 amide bonds. The molecule has 0 spiro atoms. The molecule has 0 bridgehead atoms. The summed E-state index contributed by atoms with van der Waals surface area (Å²) in [7, 11) is -3.51. The molecular weight excluding hydrogens is 374 g/mol. The number of amides is 1. The third-order valence-electron chi connectivity index (χ3n) is 4.91.